The van der Waals surface area contributed by atoms with Crippen molar-refractivity contribution in [3.8, 4) is 0 Å². The van der Waals surface area contributed by atoms with Crippen molar-refractivity contribution in [1.29, 1.82) is 0 Å². The summed E-state index contributed by atoms with van der Waals surface area (Å²) in [5, 5.41) is 3.30. The predicted octanol–water partition coefficient (Wildman–Crippen LogP) is 4.38. The van der Waals surface area contributed by atoms with E-state index in [1.54, 1.807) is 18.2 Å². The number of fused-ring (bicyclic) bond motifs is 1. The van der Waals surface area contributed by atoms with Gasteiger partial charge in [0.25, 0.3) is 0 Å². The standard InChI is InChI=1S/C29H34N2O4S/c1-21(2)17-28(36(34,35)25-15-14-23-11-6-7-12-24(23)18-25)29(33)30-26-13-8-16-31(20-27(26)32)19-22-9-4-3-5-10-22/h3-7,9-12,14-15,18,21,26,28H,8,13,16-17,19-20H2,1-2H3,(H,30,33). The number of Topliss-reactive ketones (excluding diaryl/α,β-unsaturated/α-hetero) is 1. The summed E-state index contributed by atoms with van der Waals surface area (Å²) in [6, 6.07) is 21.8. The highest BCUT2D eigenvalue weighted by Crippen LogP contribution is 2.26. The van der Waals surface area contributed by atoms with E-state index in [0.29, 0.717) is 13.0 Å². The van der Waals surface area contributed by atoms with E-state index < -0.39 is 27.0 Å². The fraction of sp³-hybridized carbons (Fsp3) is 0.379. The molecule has 1 aliphatic rings. The molecular weight excluding hydrogens is 472 g/mol. The molecule has 3 aromatic rings. The number of hydrogen-bond donors (Lipinski definition) is 1. The lowest BCUT2D eigenvalue weighted by molar-refractivity contribution is -0.128. The van der Waals surface area contributed by atoms with E-state index in [2.05, 4.69) is 10.2 Å². The Morgan fingerprint density at radius 2 is 1.69 bits per heavy atom. The van der Waals surface area contributed by atoms with E-state index >= 15 is 0 Å². The number of amides is 1. The van der Waals surface area contributed by atoms with Gasteiger partial charge in [0.15, 0.2) is 15.6 Å². The van der Waals surface area contributed by atoms with Crippen molar-refractivity contribution in [2.45, 2.75) is 55.8 Å². The average Bonchev–Trinajstić information content (AvgIpc) is 3.03. The zero-order valence-corrected chi connectivity index (χ0v) is 21.7. The van der Waals surface area contributed by atoms with Crippen molar-refractivity contribution < 1.29 is 18.0 Å². The number of carbonyl (C=O) groups excluding carboxylic acids is 2. The second kappa shape index (κ2) is 11.4. The van der Waals surface area contributed by atoms with Gasteiger partial charge in [0.05, 0.1) is 17.5 Å². The van der Waals surface area contributed by atoms with E-state index in [1.807, 2.05) is 68.4 Å². The fourth-order valence-electron chi connectivity index (χ4n) is 4.79. The molecule has 0 radical (unpaired) electrons. The Kier molecular flexibility index (Phi) is 8.21. The molecule has 1 amide bonds. The molecule has 0 bridgehead atoms. The van der Waals surface area contributed by atoms with Crippen LogP contribution in [0.3, 0.4) is 0 Å². The molecule has 4 rings (SSSR count). The van der Waals surface area contributed by atoms with Gasteiger partial charge in [0.1, 0.15) is 5.25 Å². The summed E-state index contributed by atoms with van der Waals surface area (Å²) in [5.74, 6) is -0.683. The third kappa shape index (κ3) is 6.20. The number of hydrogen-bond acceptors (Lipinski definition) is 5. The van der Waals surface area contributed by atoms with Gasteiger partial charge < -0.3 is 5.32 Å². The van der Waals surface area contributed by atoms with Gasteiger partial charge in [-0.15, -0.1) is 0 Å². The topological polar surface area (TPSA) is 83.6 Å². The highest BCUT2D eigenvalue weighted by atomic mass is 32.2. The van der Waals surface area contributed by atoms with Gasteiger partial charge in [-0.05, 0) is 60.2 Å². The average molecular weight is 507 g/mol. The van der Waals surface area contributed by atoms with Crippen LogP contribution >= 0.6 is 0 Å². The Balaban J connectivity index is 1.50. The van der Waals surface area contributed by atoms with Crippen LogP contribution in [0.2, 0.25) is 0 Å². The Labute approximate surface area is 213 Å². The Hall–Kier alpha value is -3.03. The molecule has 2 unspecified atom stereocenters. The number of benzene rings is 3. The maximum absolute atomic E-state index is 13.6. The van der Waals surface area contributed by atoms with Crippen molar-refractivity contribution in [2.24, 2.45) is 5.92 Å². The summed E-state index contributed by atoms with van der Waals surface area (Å²) in [6.45, 7) is 5.44. The molecule has 1 N–H and O–H groups in total. The third-order valence-corrected chi connectivity index (χ3v) is 8.77. The number of ketones is 1. The number of sulfone groups is 1. The van der Waals surface area contributed by atoms with Gasteiger partial charge in [-0.2, -0.15) is 0 Å². The first-order valence-electron chi connectivity index (χ1n) is 12.6. The van der Waals surface area contributed by atoms with Crippen LogP contribution in [0, 0.1) is 5.92 Å². The number of nitrogens with zero attached hydrogens (tertiary/aromatic N) is 1. The summed E-state index contributed by atoms with van der Waals surface area (Å²) >= 11 is 0. The van der Waals surface area contributed by atoms with Crippen LogP contribution in [0.5, 0.6) is 0 Å². The van der Waals surface area contributed by atoms with Crippen LogP contribution in [-0.2, 0) is 26.0 Å². The lowest BCUT2D eigenvalue weighted by atomic mass is 10.1. The number of nitrogens with one attached hydrogen (secondary N) is 1. The van der Waals surface area contributed by atoms with Crippen LogP contribution in [0.4, 0.5) is 0 Å². The van der Waals surface area contributed by atoms with Gasteiger partial charge >= 0.3 is 0 Å². The summed E-state index contributed by atoms with van der Waals surface area (Å²) in [4.78, 5) is 28.7. The molecule has 1 fully saturated rings. The molecule has 0 aromatic heterocycles. The largest absolute Gasteiger partial charge is 0.345 e. The van der Waals surface area contributed by atoms with Gasteiger partial charge in [-0.3, -0.25) is 14.5 Å². The second-order valence-electron chi connectivity index (χ2n) is 10.0. The zero-order valence-electron chi connectivity index (χ0n) is 20.9. The Morgan fingerprint density at radius 1 is 1.00 bits per heavy atom. The molecule has 1 aliphatic heterocycles. The van der Waals surface area contributed by atoms with Crippen molar-refractivity contribution in [1.82, 2.24) is 10.2 Å². The molecule has 1 saturated heterocycles. The van der Waals surface area contributed by atoms with E-state index in [0.717, 1.165) is 29.3 Å². The molecule has 0 spiro atoms. The fourth-order valence-corrected chi connectivity index (χ4v) is 6.66. The van der Waals surface area contributed by atoms with Gasteiger partial charge in [-0.25, -0.2) is 8.42 Å². The van der Waals surface area contributed by atoms with E-state index in [1.165, 1.54) is 0 Å². The molecule has 2 atom stereocenters. The maximum Gasteiger partial charge on any atom is 0.239 e. The second-order valence-corrected chi connectivity index (χ2v) is 12.2. The summed E-state index contributed by atoms with van der Waals surface area (Å²) < 4.78 is 27.3. The lowest BCUT2D eigenvalue weighted by Crippen LogP contribution is -2.49. The Morgan fingerprint density at radius 3 is 2.42 bits per heavy atom. The highest BCUT2D eigenvalue weighted by Gasteiger charge is 2.37. The van der Waals surface area contributed by atoms with Crippen molar-refractivity contribution >= 4 is 32.3 Å². The first kappa shape index (κ1) is 26.0. The normalized spacial score (nSPS) is 18.2. The molecule has 6 nitrogen and oxygen atoms in total. The van der Waals surface area contributed by atoms with Crippen molar-refractivity contribution in [3.63, 3.8) is 0 Å². The van der Waals surface area contributed by atoms with E-state index in [9.17, 15) is 18.0 Å². The molecule has 190 valence electrons. The van der Waals surface area contributed by atoms with E-state index in [-0.39, 0.29) is 29.6 Å². The van der Waals surface area contributed by atoms with Gasteiger partial charge in [0.2, 0.25) is 5.91 Å². The minimum absolute atomic E-state index is 0.0119. The number of likely N-dealkylation sites (tertiary alicyclic amines) is 1. The zero-order chi connectivity index (χ0) is 25.7. The quantitative estimate of drug-likeness (QED) is 0.490. The first-order chi connectivity index (χ1) is 17.2. The summed E-state index contributed by atoms with van der Waals surface area (Å²) in [7, 11) is -3.95. The highest BCUT2D eigenvalue weighted by molar-refractivity contribution is 7.92. The summed E-state index contributed by atoms with van der Waals surface area (Å²) in [6.07, 6.45) is 1.43. The molecule has 1 heterocycles. The van der Waals surface area contributed by atoms with Crippen LogP contribution in [0.25, 0.3) is 10.8 Å². The smallest absolute Gasteiger partial charge is 0.239 e. The van der Waals surface area contributed by atoms with Crippen LogP contribution in [-0.4, -0.2) is 49.4 Å². The van der Waals surface area contributed by atoms with E-state index in [4.69, 9.17) is 0 Å². The number of rotatable bonds is 8. The molecule has 0 aliphatic carbocycles. The maximum atomic E-state index is 13.6. The van der Waals surface area contributed by atoms with Crippen molar-refractivity contribution in [2.75, 3.05) is 13.1 Å². The van der Waals surface area contributed by atoms with Crippen molar-refractivity contribution in [3.05, 3.63) is 78.4 Å². The molecule has 36 heavy (non-hydrogen) atoms. The SMILES string of the molecule is CC(C)CC(C(=O)NC1CCCN(Cc2ccccc2)CC1=O)S(=O)(=O)c1ccc2ccccc2c1. The number of carbonyl (C=O) groups is 2. The molecule has 7 heteroatoms. The summed E-state index contributed by atoms with van der Waals surface area (Å²) in [5.41, 5.74) is 1.13. The Bertz CT molecular complexity index is 1320. The van der Waals surface area contributed by atoms with Gasteiger partial charge in [-0.1, -0.05) is 74.5 Å². The van der Waals surface area contributed by atoms with Crippen LogP contribution in [0.1, 0.15) is 38.7 Å². The minimum atomic E-state index is -3.95. The molecule has 0 saturated carbocycles. The van der Waals surface area contributed by atoms with Crippen LogP contribution in [0.15, 0.2) is 77.7 Å². The first-order valence-corrected chi connectivity index (χ1v) is 14.1. The monoisotopic (exact) mass is 506 g/mol. The molecular formula is C29H34N2O4S. The third-order valence-electron chi connectivity index (χ3n) is 6.70. The minimum Gasteiger partial charge on any atom is -0.345 e. The predicted molar refractivity (Wildman–Crippen MR) is 142 cm³/mol. The van der Waals surface area contributed by atoms with Gasteiger partial charge in [0, 0.05) is 6.54 Å². The lowest BCUT2D eigenvalue weighted by Gasteiger charge is -2.23. The molecule has 3 aromatic carbocycles. The van der Waals surface area contributed by atoms with Crippen LogP contribution < -0.4 is 5.32 Å².